The fraction of sp³-hybridized carbons (Fsp3) is 0.250. The van der Waals surface area contributed by atoms with Crippen LogP contribution in [-0.4, -0.2) is 10.1 Å². The Balaban J connectivity index is 2.46. The molecule has 0 saturated carbocycles. The highest BCUT2D eigenvalue weighted by atomic mass is 32.1. The van der Waals surface area contributed by atoms with E-state index in [9.17, 15) is 9.50 Å². The number of aromatic nitrogens is 1. The van der Waals surface area contributed by atoms with E-state index in [1.54, 1.807) is 18.3 Å². The van der Waals surface area contributed by atoms with E-state index in [0.29, 0.717) is 5.56 Å². The van der Waals surface area contributed by atoms with Gasteiger partial charge in [-0.25, -0.2) is 4.39 Å². The zero-order chi connectivity index (χ0) is 11.8. The van der Waals surface area contributed by atoms with Gasteiger partial charge in [-0.2, -0.15) is 0 Å². The van der Waals surface area contributed by atoms with Gasteiger partial charge in [-0.15, -0.1) is 11.3 Å². The van der Waals surface area contributed by atoms with E-state index in [4.69, 9.17) is 0 Å². The third kappa shape index (κ3) is 1.99. The Hall–Kier alpha value is -1.26. The molecular formula is C12H12FNOS. The molecule has 0 aliphatic rings. The minimum Gasteiger partial charge on any atom is -0.381 e. The van der Waals surface area contributed by atoms with E-state index in [1.807, 2.05) is 18.4 Å². The minimum atomic E-state index is -1.19. The van der Waals surface area contributed by atoms with E-state index >= 15 is 0 Å². The van der Waals surface area contributed by atoms with Crippen molar-refractivity contribution in [1.82, 2.24) is 4.98 Å². The summed E-state index contributed by atoms with van der Waals surface area (Å²) in [6, 6.07) is 3.20. The summed E-state index contributed by atoms with van der Waals surface area (Å²) in [6.45, 7) is 3.61. The molecule has 0 spiro atoms. The smallest absolute Gasteiger partial charge is 0.141 e. The lowest BCUT2D eigenvalue weighted by molar-refractivity contribution is 0.102. The van der Waals surface area contributed by atoms with Gasteiger partial charge in [0.15, 0.2) is 0 Å². The molecule has 2 aromatic heterocycles. The Morgan fingerprint density at radius 2 is 2.06 bits per heavy atom. The number of halogens is 1. The van der Waals surface area contributed by atoms with Crippen LogP contribution in [0.4, 0.5) is 4.39 Å². The number of hydrogen-bond donors (Lipinski definition) is 1. The van der Waals surface area contributed by atoms with Gasteiger partial charge in [-0.1, -0.05) is 0 Å². The van der Waals surface area contributed by atoms with Crippen molar-refractivity contribution < 1.29 is 9.50 Å². The lowest BCUT2D eigenvalue weighted by atomic mass is 9.91. The molecule has 2 heterocycles. The van der Waals surface area contributed by atoms with Crippen molar-refractivity contribution in [2.24, 2.45) is 0 Å². The van der Waals surface area contributed by atoms with Gasteiger partial charge in [-0.3, -0.25) is 4.98 Å². The molecule has 0 fully saturated rings. The van der Waals surface area contributed by atoms with Crippen LogP contribution in [0.5, 0.6) is 0 Å². The van der Waals surface area contributed by atoms with Crippen LogP contribution in [0.2, 0.25) is 0 Å². The van der Waals surface area contributed by atoms with Crippen molar-refractivity contribution in [3.63, 3.8) is 0 Å². The van der Waals surface area contributed by atoms with Gasteiger partial charge >= 0.3 is 0 Å². The molecule has 16 heavy (non-hydrogen) atoms. The van der Waals surface area contributed by atoms with Gasteiger partial charge in [0.1, 0.15) is 11.4 Å². The summed E-state index contributed by atoms with van der Waals surface area (Å²) < 4.78 is 13.0. The topological polar surface area (TPSA) is 33.1 Å². The third-order valence-corrected chi connectivity index (χ3v) is 3.42. The van der Waals surface area contributed by atoms with E-state index in [0.717, 1.165) is 16.6 Å². The number of thiophene rings is 1. The Morgan fingerprint density at radius 1 is 1.31 bits per heavy atom. The quantitative estimate of drug-likeness (QED) is 0.871. The SMILES string of the molecule is Cc1cc(C(C)(O)c2cncc(F)c2)cs1. The lowest BCUT2D eigenvalue weighted by Crippen LogP contribution is -2.22. The highest BCUT2D eigenvalue weighted by Crippen LogP contribution is 2.31. The Labute approximate surface area is 97.4 Å². The molecule has 0 amide bonds. The normalized spacial score (nSPS) is 14.8. The number of nitrogens with zero attached hydrogens (tertiary/aromatic N) is 1. The number of pyridine rings is 1. The van der Waals surface area contributed by atoms with Crippen molar-refractivity contribution in [3.05, 3.63) is 51.7 Å². The predicted molar refractivity (Wildman–Crippen MR) is 61.9 cm³/mol. The first-order valence-electron chi connectivity index (χ1n) is 4.89. The van der Waals surface area contributed by atoms with Crippen molar-refractivity contribution in [2.75, 3.05) is 0 Å². The fourth-order valence-corrected chi connectivity index (χ4v) is 2.35. The maximum absolute atomic E-state index is 13.0. The molecule has 2 nitrogen and oxygen atoms in total. The zero-order valence-corrected chi connectivity index (χ0v) is 9.88. The molecular weight excluding hydrogens is 225 g/mol. The second-order valence-corrected chi connectivity index (χ2v) is 5.03. The maximum Gasteiger partial charge on any atom is 0.141 e. The van der Waals surface area contributed by atoms with Crippen LogP contribution in [0, 0.1) is 12.7 Å². The average Bonchev–Trinajstić information content (AvgIpc) is 2.65. The Morgan fingerprint density at radius 3 is 2.62 bits per heavy atom. The van der Waals surface area contributed by atoms with Crippen molar-refractivity contribution in [1.29, 1.82) is 0 Å². The van der Waals surface area contributed by atoms with Gasteiger partial charge in [0.25, 0.3) is 0 Å². The molecule has 2 rings (SSSR count). The highest BCUT2D eigenvalue weighted by Gasteiger charge is 2.27. The molecule has 0 aliphatic heterocycles. The molecule has 4 heteroatoms. The molecule has 84 valence electrons. The molecule has 0 saturated heterocycles. The van der Waals surface area contributed by atoms with Gasteiger partial charge < -0.3 is 5.11 Å². The fourth-order valence-electron chi connectivity index (χ4n) is 1.54. The first kappa shape index (κ1) is 11.2. The van der Waals surface area contributed by atoms with Crippen LogP contribution < -0.4 is 0 Å². The molecule has 0 aliphatic carbocycles. The van der Waals surface area contributed by atoms with E-state index in [2.05, 4.69) is 4.98 Å². The van der Waals surface area contributed by atoms with Crippen LogP contribution in [0.25, 0.3) is 0 Å². The second-order valence-electron chi connectivity index (χ2n) is 3.91. The number of aliphatic hydroxyl groups is 1. The van der Waals surface area contributed by atoms with Crippen molar-refractivity contribution in [3.8, 4) is 0 Å². The maximum atomic E-state index is 13.0. The summed E-state index contributed by atoms with van der Waals surface area (Å²) in [4.78, 5) is 4.86. The largest absolute Gasteiger partial charge is 0.381 e. The summed E-state index contributed by atoms with van der Waals surface area (Å²) in [5, 5.41) is 12.3. The summed E-state index contributed by atoms with van der Waals surface area (Å²) in [7, 11) is 0. The van der Waals surface area contributed by atoms with Crippen molar-refractivity contribution in [2.45, 2.75) is 19.4 Å². The van der Waals surface area contributed by atoms with Crippen LogP contribution >= 0.6 is 11.3 Å². The average molecular weight is 237 g/mol. The molecule has 0 aromatic carbocycles. The standard InChI is InChI=1S/C12H12FNOS/c1-8-3-10(7-16-8)12(2,15)9-4-11(13)6-14-5-9/h3-7,15H,1-2H3. The highest BCUT2D eigenvalue weighted by molar-refractivity contribution is 7.10. The summed E-state index contributed by atoms with van der Waals surface area (Å²) in [5.74, 6) is -0.440. The first-order valence-corrected chi connectivity index (χ1v) is 5.77. The van der Waals surface area contributed by atoms with Gasteiger partial charge in [0.05, 0.1) is 6.20 Å². The van der Waals surface area contributed by atoms with Gasteiger partial charge in [-0.05, 0) is 36.9 Å². The van der Waals surface area contributed by atoms with Crippen LogP contribution in [0.3, 0.4) is 0 Å². The number of rotatable bonds is 2. The number of aryl methyl sites for hydroxylation is 1. The monoisotopic (exact) mass is 237 g/mol. The molecule has 1 N–H and O–H groups in total. The summed E-state index contributed by atoms with van der Waals surface area (Å²) in [5.41, 5.74) is 0.0348. The Bertz CT molecular complexity index is 507. The van der Waals surface area contributed by atoms with Crippen molar-refractivity contribution >= 4 is 11.3 Å². The number of hydrogen-bond acceptors (Lipinski definition) is 3. The third-order valence-electron chi connectivity index (χ3n) is 2.56. The molecule has 1 unspecified atom stereocenters. The zero-order valence-electron chi connectivity index (χ0n) is 9.07. The molecule has 2 aromatic rings. The van der Waals surface area contributed by atoms with Crippen LogP contribution in [-0.2, 0) is 5.60 Å². The Kier molecular flexibility index (Phi) is 2.78. The first-order chi connectivity index (χ1) is 7.50. The van der Waals surface area contributed by atoms with E-state index < -0.39 is 11.4 Å². The predicted octanol–water partition coefficient (Wildman–Crippen LogP) is 2.85. The summed E-state index contributed by atoms with van der Waals surface area (Å²) in [6.07, 6.45) is 2.61. The molecule has 0 radical (unpaired) electrons. The van der Waals surface area contributed by atoms with E-state index in [-0.39, 0.29) is 0 Å². The van der Waals surface area contributed by atoms with Crippen LogP contribution in [0.15, 0.2) is 29.9 Å². The van der Waals surface area contributed by atoms with Crippen LogP contribution in [0.1, 0.15) is 22.9 Å². The van der Waals surface area contributed by atoms with Gasteiger partial charge in [0.2, 0.25) is 0 Å². The van der Waals surface area contributed by atoms with E-state index in [1.165, 1.54) is 12.3 Å². The molecule has 0 bridgehead atoms. The second kappa shape index (κ2) is 3.96. The summed E-state index contributed by atoms with van der Waals surface area (Å²) >= 11 is 1.56. The molecule has 1 atom stereocenters. The van der Waals surface area contributed by atoms with Gasteiger partial charge in [0, 0.05) is 16.6 Å². The lowest BCUT2D eigenvalue weighted by Gasteiger charge is -2.22. The minimum absolute atomic E-state index is 0.440.